The van der Waals surface area contributed by atoms with Gasteiger partial charge in [-0.15, -0.1) is 11.3 Å². The highest BCUT2D eigenvalue weighted by molar-refractivity contribution is 7.91. The van der Waals surface area contributed by atoms with Crippen molar-refractivity contribution in [3.8, 4) is 0 Å². The lowest BCUT2D eigenvalue weighted by Gasteiger charge is -2.32. The number of rotatable bonds is 2. The molecular formula is C10H14N2O3S2. The van der Waals surface area contributed by atoms with Crippen LogP contribution in [0.2, 0.25) is 0 Å². The Kier molecular flexibility index (Phi) is 3.22. The van der Waals surface area contributed by atoms with E-state index in [-0.39, 0.29) is 23.3 Å². The molecule has 0 spiro atoms. The van der Waals surface area contributed by atoms with Gasteiger partial charge in [0.05, 0.1) is 11.5 Å². The van der Waals surface area contributed by atoms with Crippen LogP contribution in [-0.2, 0) is 9.84 Å². The van der Waals surface area contributed by atoms with Gasteiger partial charge in [0.2, 0.25) is 0 Å². The second-order valence-electron chi connectivity index (χ2n) is 4.23. The van der Waals surface area contributed by atoms with Crippen LogP contribution in [0.15, 0.2) is 5.38 Å². The van der Waals surface area contributed by atoms with Crippen LogP contribution in [0.4, 0.5) is 5.13 Å². The number of aromatic nitrogens is 1. The molecule has 0 aliphatic carbocycles. The van der Waals surface area contributed by atoms with Crippen LogP contribution in [0, 0.1) is 0 Å². The highest BCUT2D eigenvalue weighted by atomic mass is 32.2. The number of nitrogens with zero attached hydrogens (tertiary/aromatic N) is 2. The Morgan fingerprint density at radius 1 is 1.59 bits per heavy atom. The zero-order chi connectivity index (χ0) is 12.6. The van der Waals surface area contributed by atoms with Crippen molar-refractivity contribution in [1.29, 1.82) is 0 Å². The summed E-state index contributed by atoms with van der Waals surface area (Å²) < 4.78 is 22.9. The number of hydrogen-bond acceptors (Lipinski definition) is 6. The molecule has 0 saturated carbocycles. The molecule has 1 saturated heterocycles. The molecule has 0 bridgehead atoms. The molecule has 0 radical (unpaired) electrons. The minimum absolute atomic E-state index is 0.0650. The third-order valence-corrected chi connectivity index (χ3v) is 5.44. The molecule has 0 aromatic carbocycles. The van der Waals surface area contributed by atoms with Crippen LogP contribution >= 0.6 is 11.3 Å². The van der Waals surface area contributed by atoms with Crippen molar-refractivity contribution in [3.63, 3.8) is 0 Å². The zero-order valence-corrected chi connectivity index (χ0v) is 11.3. The Balaban J connectivity index is 2.20. The van der Waals surface area contributed by atoms with Crippen molar-refractivity contribution in [1.82, 2.24) is 4.98 Å². The Morgan fingerprint density at radius 2 is 2.29 bits per heavy atom. The number of anilines is 1. The van der Waals surface area contributed by atoms with E-state index in [1.807, 2.05) is 11.8 Å². The van der Waals surface area contributed by atoms with Crippen molar-refractivity contribution < 1.29 is 13.2 Å². The summed E-state index contributed by atoms with van der Waals surface area (Å²) in [5, 5.41) is 2.45. The number of sulfone groups is 1. The van der Waals surface area contributed by atoms with Crippen molar-refractivity contribution >= 4 is 32.1 Å². The molecule has 2 rings (SSSR count). The molecule has 94 valence electrons. The van der Waals surface area contributed by atoms with Crippen LogP contribution in [-0.4, -0.2) is 43.3 Å². The lowest BCUT2D eigenvalue weighted by molar-refractivity contribution is 0.101. The van der Waals surface area contributed by atoms with Gasteiger partial charge in [-0.1, -0.05) is 0 Å². The molecule has 1 atom stereocenters. The van der Waals surface area contributed by atoms with Crippen molar-refractivity contribution in [2.24, 2.45) is 0 Å². The Labute approximate surface area is 104 Å². The first-order valence-electron chi connectivity index (χ1n) is 5.32. The second-order valence-corrected chi connectivity index (χ2v) is 7.29. The number of thiazole rings is 1. The van der Waals surface area contributed by atoms with Crippen LogP contribution < -0.4 is 4.90 Å². The average molecular weight is 274 g/mol. The Morgan fingerprint density at radius 3 is 2.82 bits per heavy atom. The largest absolute Gasteiger partial charge is 0.343 e. The number of carbonyl (C=O) groups excluding carboxylic acids is 1. The monoisotopic (exact) mass is 274 g/mol. The van der Waals surface area contributed by atoms with E-state index in [0.717, 1.165) is 5.13 Å². The average Bonchev–Trinajstić information content (AvgIpc) is 2.65. The third-order valence-electron chi connectivity index (χ3n) is 2.77. The minimum Gasteiger partial charge on any atom is -0.343 e. The van der Waals surface area contributed by atoms with E-state index in [4.69, 9.17) is 0 Å². The molecule has 1 aliphatic heterocycles. The molecule has 0 amide bonds. The topological polar surface area (TPSA) is 67.3 Å². The minimum atomic E-state index is -2.91. The number of carbonyl (C=O) groups is 1. The number of ketones is 1. The van der Waals surface area contributed by atoms with Crippen LogP contribution in [0.5, 0.6) is 0 Å². The normalized spacial score (nSPS) is 23.6. The molecule has 2 heterocycles. The first kappa shape index (κ1) is 12.5. The summed E-state index contributed by atoms with van der Waals surface area (Å²) >= 11 is 1.39. The number of Topliss-reactive ketones (excluding diaryl/α,β-unsaturated/α-hetero) is 1. The van der Waals surface area contributed by atoms with Crippen LogP contribution in [0.25, 0.3) is 0 Å². The van der Waals surface area contributed by atoms with E-state index in [0.29, 0.717) is 12.2 Å². The van der Waals surface area contributed by atoms with Gasteiger partial charge in [0.1, 0.15) is 5.69 Å². The van der Waals surface area contributed by atoms with E-state index in [1.165, 1.54) is 18.3 Å². The highest BCUT2D eigenvalue weighted by Crippen LogP contribution is 2.25. The molecule has 1 fully saturated rings. The predicted octanol–water partition coefficient (Wildman–Crippen LogP) is 0.969. The van der Waals surface area contributed by atoms with Crippen LogP contribution in [0.1, 0.15) is 24.3 Å². The van der Waals surface area contributed by atoms with E-state index >= 15 is 0 Å². The Bertz CT molecular complexity index is 536. The van der Waals surface area contributed by atoms with Crippen molar-refractivity contribution in [2.45, 2.75) is 19.9 Å². The van der Waals surface area contributed by atoms with Crippen LogP contribution in [0.3, 0.4) is 0 Å². The quantitative estimate of drug-likeness (QED) is 0.752. The molecule has 1 aliphatic rings. The number of hydrogen-bond donors (Lipinski definition) is 0. The summed E-state index contributed by atoms with van der Waals surface area (Å²) in [4.78, 5) is 17.3. The van der Waals surface area contributed by atoms with Gasteiger partial charge in [-0.05, 0) is 6.92 Å². The zero-order valence-electron chi connectivity index (χ0n) is 9.71. The lowest BCUT2D eigenvalue weighted by atomic mass is 10.3. The first-order valence-corrected chi connectivity index (χ1v) is 8.03. The first-order chi connectivity index (χ1) is 7.89. The van der Waals surface area contributed by atoms with Crippen molar-refractivity contribution in [3.05, 3.63) is 11.1 Å². The molecule has 1 aromatic heterocycles. The SMILES string of the molecule is CC(=O)c1csc(N2CCS(=O)(=O)CC2C)n1. The van der Waals surface area contributed by atoms with Gasteiger partial charge in [-0.3, -0.25) is 4.79 Å². The summed E-state index contributed by atoms with van der Waals surface area (Å²) in [7, 11) is -2.91. The van der Waals surface area contributed by atoms with E-state index < -0.39 is 9.84 Å². The maximum absolute atomic E-state index is 11.5. The maximum atomic E-state index is 11.5. The fraction of sp³-hybridized carbons (Fsp3) is 0.600. The van der Waals surface area contributed by atoms with E-state index in [1.54, 1.807) is 5.38 Å². The molecule has 1 aromatic rings. The van der Waals surface area contributed by atoms with Gasteiger partial charge in [0, 0.05) is 24.9 Å². The standard InChI is InChI=1S/C10H14N2O3S2/c1-7-6-17(14,15)4-3-12(7)10-11-9(5-16-10)8(2)13/h5,7H,3-4,6H2,1-2H3. The van der Waals surface area contributed by atoms with Gasteiger partial charge >= 0.3 is 0 Å². The van der Waals surface area contributed by atoms with Gasteiger partial charge in [-0.2, -0.15) is 0 Å². The maximum Gasteiger partial charge on any atom is 0.186 e. The smallest absolute Gasteiger partial charge is 0.186 e. The van der Waals surface area contributed by atoms with Gasteiger partial charge in [-0.25, -0.2) is 13.4 Å². The predicted molar refractivity (Wildman–Crippen MR) is 67.6 cm³/mol. The summed E-state index contributed by atoms with van der Waals surface area (Å²) in [6, 6.07) is -0.0836. The lowest BCUT2D eigenvalue weighted by Crippen LogP contribution is -2.47. The summed E-state index contributed by atoms with van der Waals surface area (Å²) in [6.45, 7) is 3.79. The van der Waals surface area contributed by atoms with E-state index in [9.17, 15) is 13.2 Å². The van der Waals surface area contributed by atoms with Crippen molar-refractivity contribution in [2.75, 3.05) is 23.0 Å². The summed E-state index contributed by atoms with van der Waals surface area (Å²) in [5.74, 6) is 0.249. The summed E-state index contributed by atoms with van der Waals surface area (Å²) in [5.41, 5.74) is 0.450. The summed E-state index contributed by atoms with van der Waals surface area (Å²) in [6.07, 6.45) is 0. The van der Waals surface area contributed by atoms with Gasteiger partial charge in [0.25, 0.3) is 0 Å². The fourth-order valence-corrected chi connectivity index (χ4v) is 4.39. The van der Waals surface area contributed by atoms with Gasteiger partial charge in [0.15, 0.2) is 20.8 Å². The van der Waals surface area contributed by atoms with Gasteiger partial charge < -0.3 is 4.90 Å². The second kappa shape index (κ2) is 4.38. The molecule has 17 heavy (non-hydrogen) atoms. The fourth-order valence-electron chi connectivity index (χ4n) is 1.84. The third kappa shape index (κ3) is 2.66. The highest BCUT2D eigenvalue weighted by Gasteiger charge is 2.29. The molecule has 0 N–H and O–H groups in total. The molecule has 1 unspecified atom stereocenters. The van der Waals surface area contributed by atoms with E-state index in [2.05, 4.69) is 4.98 Å². The molecule has 7 heteroatoms. The molecular weight excluding hydrogens is 260 g/mol. The molecule has 5 nitrogen and oxygen atoms in total. The Hall–Kier alpha value is -0.950.